The molecule has 3 aromatic carbocycles. The smallest absolute Gasteiger partial charge is 0.234 e. The molecule has 154 valence electrons. The van der Waals surface area contributed by atoms with Gasteiger partial charge in [-0.15, -0.1) is 0 Å². The van der Waals surface area contributed by atoms with Crippen LogP contribution in [0.15, 0.2) is 84.9 Å². The topological polar surface area (TPSA) is 29.5 Å². The third-order valence-electron chi connectivity index (χ3n) is 6.08. The first-order valence-corrected chi connectivity index (χ1v) is 10.8. The summed E-state index contributed by atoms with van der Waals surface area (Å²) in [5, 5.41) is 0. The number of likely N-dealkylation sites (tertiary alicyclic amines) is 1. The van der Waals surface area contributed by atoms with Crippen LogP contribution in [-0.2, 0) is 4.79 Å². The molecule has 3 nitrogen and oxygen atoms in total. The second kappa shape index (κ2) is 9.62. The van der Waals surface area contributed by atoms with E-state index in [1.807, 2.05) is 48.5 Å². The molecule has 1 aliphatic heterocycles. The van der Waals surface area contributed by atoms with Crippen LogP contribution < -0.4 is 4.74 Å². The molecule has 0 saturated carbocycles. The van der Waals surface area contributed by atoms with Crippen molar-refractivity contribution in [2.75, 3.05) is 20.2 Å². The lowest BCUT2D eigenvalue weighted by molar-refractivity contribution is -0.132. The average molecular weight is 400 g/mol. The number of hydrogen-bond acceptors (Lipinski definition) is 2. The number of amides is 1. The molecular weight excluding hydrogens is 370 g/mol. The lowest BCUT2D eigenvalue weighted by Gasteiger charge is -2.29. The quantitative estimate of drug-likeness (QED) is 0.557. The number of methoxy groups -OCH3 is 1. The van der Waals surface area contributed by atoms with E-state index in [-0.39, 0.29) is 11.8 Å². The fourth-order valence-corrected chi connectivity index (χ4v) is 4.44. The van der Waals surface area contributed by atoms with Crippen molar-refractivity contribution in [2.24, 2.45) is 0 Å². The Hall–Kier alpha value is -3.07. The molecule has 0 radical (unpaired) electrons. The van der Waals surface area contributed by atoms with Crippen molar-refractivity contribution in [3.05, 3.63) is 102 Å². The lowest BCUT2D eigenvalue weighted by atomic mass is 9.89. The lowest BCUT2D eigenvalue weighted by Crippen LogP contribution is -2.38. The summed E-state index contributed by atoms with van der Waals surface area (Å²) in [6, 6.07) is 28.6. The molecular formula is C27H29NO2. The van der Waals surface area contributed by atoms with Crippen LogP contribution in [-0.4, -0.2) is 31.0 Å². The Labute approximate surface area is 179 Å². The van der Waals surface area contributed by atoms with Crippen LogP contribution in [0.4, 0.5) is 0 Å². The molecule has 1 unspecified atom stereocenters. The van der Waals surface area contributed by atoms with Crippen LogP contribution in [0.3, 0.4) is 0 Å². The highest BCUT2D eigenvalue weighted by Gasteiger charge is 2.30. The minimum absolute atomic E-state index is 0.202. The molecule has 1 fully saturated rings. The van der Waals surface area contributed by atoms with Crippen molar-refractivity contribution in [1.29, 1.82) is 0 Å². The Bertz CT molecular complexity index is 898. The summed E-state index contributed by atoms with van der Waals surface area (Å²) in [5.41, 5.74) is 3.39. The van der Waals surface area contributed by atoms with Crippen LogP contribution >= 0.6 is 0 Å². The average Bonchev–Trinajstić information content (AvgIpc) is 3.07. The summed E-state index contributed by atoms with van der Waals surface area (Å²) < 4.78 is 5.31. The molecule has 1 saturated heterocycles. The molecule has 3 aromatic rings. The minimum Gasteiger partial charge on any atom is -0.497 e. The monoisotopic (exact) mass is 399 g/mol. The van der Waals surface area contributed by atoms with Crippen LogP contribution in [0.25, 0.3) is 0 Å². The highest BCUT2D eigenvalue weighted by atomic mass is 16.5. The molecule has 0 aliphatic carbocycles. The highest BCUT2D eigenvalue weighted by Crippen LogP contribution is 2.32. The van der Waals surface area contributed by atoms with E-state index < -0.39 is 0 Å². The summed E-state index contributed by atoms with van der Waals surface area (Å²) in [7, 11) is 1.69. The van der Waals surface area contributed by atoms with Gasteiger partial charge in [-0.1, -0.05) is 79.2 Å². The highest BCUT2D eigenvalue weighted by molar-refractivity contribution is 5.87. The van der Waals surface area contributed by atoms with Gasteiger partial charge >= 0.3 is 0 Å². The van der Waals surface area contributed by atoms with Gasteiger partial charge in [-0.25, -0.2) is 0 Å². The van der Waals surface area contributed by atoms with Gasteiger partial charge in [0.2, 0.25) is 5.91 Å². The first-order valence-electron chi connectivity index (χ1n) is 10.8. The van der Waals surface area contributed by atoms with Gasteiger partial charge in [0.05, 0.1) is 13.0 Å². The molecule has 0 N–H and O–H groups in total. The number of rotatable bonds is 5. The van der Waals surface area contributed by atoms with Gasteiger partial charge < -0.3 is 9.64 Å². The molecule has 30 heavy (non-hydrogen) atoms. The Balaban J connectivity index is 1.61. The van der Waals surface area contributed by atoms with Crippen molar-refractivity contribution in [2.45, 2.75) is 31.1 Å². The van der Waals surface area contributed by atoms with E-state index in [1.54, 1.807) is 7.11 Å². The summed E-state index contributed by atoms with van der Waals surface area (Å²) in [5.74, 6) is 1.16. The molecule has 0 aromatic heterocycles. The number of benzene rings is 3. The molecule has 0 bridgehead atoms. The predicted molar refractivity (Wildman–Crippen MR) is 121 cm³/mol. The molecule has 1 amide bonds. The second-order valence-corrected chi connectivity index (χ2v) is 8.00. The number of carbonyl (C=O) groups is 1. The number of carbonyl (C=O) groups excluding carboxylic acids is 1. The Morgan fingerprint density at radius 1 is 0.867 bits per heavy atom. The summed E-state index contributed by atoms with van der Waals surface area (Å²) in [4.78, 5) is 15.9. The third-order valence-corrected chi connectivity index (χ3v) is 6.08. The van der Waals surface area contributed by atoms with Gasteiger partial charge in [-0.05, 0) is 41.7 Å². The molecule has 3 heteroatoms. The number of nitrogens with zero attached hydrogens (tertiary/aromatic N) is 1. The second-order valence-electron chi connectivity index (χ2n) is 8.00. The molecule has 1 atom stereocenters. The molecule has 0 spiro atoms. The van der Waals surface area contributed by atoms with E-state index in [9.17, 15) is 4.79 Å². The Kier molecular flexibility index (Phi) is 6.48. The first-order chi connectivity index (χ1) is 14.8. The van der Waals surface area contributed by atoms with Crippen LogP contribution in [0.2, 0.25) is 0 Å². The van der Waals surface area contributed by atoms with Crippen molar-refractivity contribution in [3.8, 4) is 5.75 Å². The van der Waals surface area contributed by atoms with Gasteiger partial charge in [0, 0.05) is 19.0 Å². The van der Waals surface area contributed by atoms with E-state index in [1.165, 1.54) is 5.56 Å². The first kappa shape index (κ1) is 20.2. The van der Waals surface area contributed by atoms with Crippen LogP contribution in [0, 0.1) is 0 Å². The van der Waals surface area contributed by atoms with Crippen molar-refractivity contribution in [1.82, 2.24) is 4.90 Å². The van der Waals surface area contributed by atoms with Crippen molar-refractivity contribution < 1.29 is 9.53 Å². The summed E-state index contributed by atoms with van der Waals surface area (Å²) >= 11 is 0. The fourth-order valence-electron chi connectivity index (χ4n) is 4.44. The van der Waals surface area contributed by atoms with E-state index in [0.717, 1.165) is 49.2 Å². The minimum atomic E-state index is -0.262. The van der Waals surface area contributed by atoms with Gasteiger partial charge in [-0.2, -0.15) is 0 Å². The number of hydrogen-bond donors (Lipinski definition) is 0. The molecule has 4 rings (SSSR count). The number of ether oxygens (including phenoxy) is 1. The summed E-state index contributed by atoms with van der Waals surface area (Å²) in [6.07, 6.45) is 3.30. The molecule has 1 aliphatic rings. The van der Waals surface area contributed by atoms with Gasteiger partial charge in [0.15, 0.2) is 0 Å². The Morgan fingerprint density at radius 2 is 1.47 bits per heavy atom. The summed E-state index contributed by atoms with van der Waals surface area (Å²) in [6.45, 7) is 1.59. The van der Waals surface area contributed by atoms with Gasteiger partial charge in [-0.3, -0.25) is 4.79 Å². The Morgan fingerprint density at radius 3 is 2.03 bits per heavy atom. The van der Waals surface area contributed by atoms with Crippen molar-refractivity contribution >= 4 is 5.91 Å². The van der Waals surface area contributed by atoms with E-state index in [2.05, 4.69) is 41.3 Å². The van der Waals surface area contributed by atoms with Crippen molar-refractivity contribution in [3.63, 3.8) is 0 Å². The van der Waals surface area contributed by atoms with Gasteiger partial charge in [0.25, 0.3) is 0 Å². The predicted octanol–water partition coefficient (Wildman–Crippen LogP) is 5.62. The third kappa shape index (κ3) is 4.56. The van der Waals surface area contributed by atoms with E-state index in [4.69, 9.17) is 4.74 Å². The largest absolute Gasteiger partial charge is 0.497 e. The maximum atomic E-state index is 13.8. The normalized spacial score (nSPS) is 16.9. The standard InChI is InChI=1S/C27H29NO2/c1-30-25-17-15-21(16-18-25)24-14-8-9-19-28(20-24)27(29)26(22-10-4-2-5-11-22)23-12-6-3-7-13-23/h2-7,10-13,15-18,24,26H,8-9,14,19-20H2,1H3. The maximum Gasteiger partial charge on any atom is 0.234 e. The van der Waals surface area contributed by atoms with E-state index in [0.29, 0.717) is 5.92 Å². The van der Waals surface area contributed by atoms with E-state index >= 15 is 0 Å². The zero-order valence-corrected chi connectivity index (χ0v) is 17.5. The molecule has 1 heterocycles. The zero-order valence-electron chi connectivity index (χ0n) is 17.5. The van der Waals surface area contributed by atoms with Crippen LogP contribution in [0.1, 0.15) is 47.8 Å². The SMILES string of the molecule is COc1ccc(C2CCCCN(C(=O)C(c3ccccc3)c3ccccc3)C2)cc1. The maximum absolute atomic E-state index is 13.8. The fraction of sp³-hybridized carbons (Fsp3) is 0.296. The van der Waals surface area contributed by atoms with Gasteiger partial charge in [0.1, 0.15) is 5.75 Å². The zero-order chi connectivity index (χ0) is 20.8. The van der Waals surface area contributed by atoms with Crippen LogP contribution in [0.5, 0.6) is 5.75 Å².